The van der Waals surface area contributed by atoms with Gasteiger partial charge >= 0.3 is 0 Å². The lowest BCUT2D eigenvalue weighted by molar-refractivity contribution is -0.232. The van der Waals surface area contributed by atoms with Crippen LogP contribution in [0.4, 0.5) is 0 Å². The first-order valence-corrected chi connectivity index (χ1v) is 12.7. The minimum absolute atomic E-state index is 0.00610. The van der Waals surface area contributed by atoms with Crippen molar-refractivity contribution in [2.24, 2.45) is 0 Å². The molecule has 0 saturated carbocycles. The Morgan fingerprint density at radius 2 is 1.95 bits per heavy atom. The van der Waals surface area contributed by atoms with Crippen molar-refractivity contribution in [2.75, 3.05) is 13.1 Å². The van der Waals surface area contributed by atoms with Gasteiger partial charge in [-0.2, -0.15) is 0 Å². The smallest absolute Gasteiger partial charge is 0.252 e. The number of guanidine groups is 2. The number of hydrogen-bond donors (Lipinski definition) is 9. The van der Waals surface area contributed by atoms with E-state index < -0.39 is 41.7 Å². The summed E-state index contributed by atoms with van der Waals surface area (Å²) in [5.74, 6) is -3.58. The topological polar surface area (TPSA) is 197 Å². The molecule has 9 N–H and O–H groups in total. The summed E-state index contributed by atoms with van der Waals surface area (Å²) in [6.07, 6.45) is 3.27. The fourth-order valence-electron chi connectivity index (χ4n) is 6.72. The Bertz CT molecular complexity index is 1190. The van der Waals surface area contributed by atoms with Gasteiger partial charge in [0.2, 0.25) is 11.7 Å². The van der Waals surface area contributed by atoms with E-state index in [1.54, 1.807) is 6.07 Å². The van der Waals surface area contributed by atoms with Crippen LogP contribution in [0.3, 0.4) is 0 Å². The number of fused-ring (bicyclic) bond motifs is 1. The van der Waals surface area contributed by atoms with Crippen LogP contribution in [0.15, 0.2) is 18.2 Å². The van der Waals surface area contributed by atoms with Crippen LogP contribution >= 0.6 is 0 Å². The number of benzene rings is 1. The van der Waals surface area contributed by atoms with E-state index >= 15 is 0 Å². The van der Waals surface area contributed by atoms with Gasteiger partial charge in [-0.15, -0.1) is 0 Å². The van der Waals surface area contributed by atoms with Crippen LogP contribution in [0.5, 0.6) is 0 Å². The van der Waals surface area contributed by atoms with Crippen LogP contribution in [0.2, 0.25) is 0 Å². The standard InChI is InChI=1S/C24H32N8O5/c25-21-29-19-15(10-31-17(33)8-9-18(31)34)27-22(26)32-11-16(24(36,37)23(19,32)30-21)28-20(35)14-7-3-5-12-4-1-2-6-13(12)14/h3,5,7,15-17,19,33,36-37H,1-2,4,6,8-11H2,(H2,26,27)(H,28,35)(H3,25,29,30)/t15-,16-,17?,19?,23+/m0/s1. The summed E-state index contributed by atoms with van der Waals surface area (Å²) in [5, 5.41) is 61.9. The molecule has 4 heterocycles. The fraction of sp³-hybridized carbons (Fsp3) is 0.583. The van der Waals surface area contributed by atoms with E-state index in [9.17, 15) is 24.9 Å². The van der Waals surface area contributed by atoms with E-state index in [1.807, 2.05) is 12.1 Å². The van der Waals surface area contributed by atoms with Crippen LogP contribution in [0.25, 0.3) is 0 Å². The molecule has 2 amide bonds. The van der Waals surface area contributed by atoms with Gasteiger partial charge in [-0.25, -0.2) is 0 Å². The number of carbonyl (C=O) groups excluding carboxylic acids is 2. The van der Waals surface area contributed by atoms with Gasteiger partial charge < -0.3 is 46.4 Å². The van der Waals surface area contributed by atoms with Crippen molar-refractivity contribution in [1.82, 2.24) is 31.1 Å². The average Bonchev–Trinajstić information content (AvgIpc) is 3.46. The number of nitrogens with zero attached hydrogens (tertiary/aromatic N) is 2. The molecule has 6 rings (SSSR count). The molecule has 5 aliphatic rings. The summed E-state index contributed by atoms with van der Waals surface area (Å²) in [6, 6.07) is 2.78. The number of amides is 2. The molecule has 2 unspecified atom stereocenters. The van der Waals surface area contributed by atoms with Crippen molar-refractivity contribution in [1.29, 1.82) is 10.8 Å². The van der Waals surface area contributed by atoms with E-state index in [4.69, 9.17) is 10.8 Å². The maximum Gasteiger partial charge on any atom is 0.252 e. The minimum Gasteiger partial charge on any atom is -0.374 e. The molecule has 1 aromatic rings. The van der Waals surface area contributed by atoms with Gasteiger partial charge in [0.25, 0.3) is 5.91 Å². The number of hydrogen-bond acceptors (Lipinski definition) is 7. The molecule has 13 heteroatoms. The molecule has 1 spiro atoms. The molecule has 1 aliphatic carbocycles. The largest absolute Gasteiger partial charge is 0.374 e. The Kier molecular flexibility index (Phi) is 5.37. The van der Waals surface area contributed by atoms with E-state index in [0.717, 1.165) is 36.8 Å². The van der Waals surface area contributed by atoms with Crippen LogP contribution in [-0.2, 0) is 17.6 Å². The normalized spacial score (nSPS) is 33.8. The average molecular weight is 513 g/mol. The Hall–Kier alpha value is -3.42. The quantitative estimate of drug-likeness (QED) is 0.199. The molecule has 0 bridgehead atoms. The van der Waals surface area contributed by atoms with Gasteiger partial charge in [-0.3, -0.25) is 20.4 Å². The summed E-state index contributed by atoms with van der Waals surface area (Å²) in [5.41, 5.74) is 0.844. The third kappa shape index (κ3) is 3.41. The van der Waals surface area contributed by atoms with Gasteiger partial charge in [-0.05, 0) is 42.9 Å². The second kappa shape index (κ2) is 8.30. The third-order valence-corrected chi connectivity index (χ3v) is 8.53. The fourth-order valence-corrected chi connectivity index (χ4v) is 6.72. The van der Waals surface area contributed by atoms with E-state index in [-0.39, 0.29) is 37.3 Å². The Labute approximate surface area is 213 Å². The Balaban J connectivity index is 1.30. The van der Waals surface area contributed by atoms with E-state index in [0.29, 0.717) is 12.0 Å². The summed E-state index contributed by atoms with van der Waals surface area (Å²) in [7, 11) is 0. The number of aryl methyl sites for hydroxylation is 1. The Morgan fingerprint density at radius 1 is 1.16 bits per heavy atom. The molecule has 37 heavy (non-hydrogen) atoms. The van der Waals surface area contributed by atoms with Crippen molar-refractivity contribution in [2.45, 2.75) is 74.3 Å². The highest BCUT2D eigenvalue weighted by atomic mass is 16.5. The maximum absolute atomic E-state index is 13.4. The number of aliphatic hydroxyl groups is 3. The minimum atomic E-state index is -2.60. The third-order valence-electron chi connectivity index (χ3n) is 8.53. The first-order valence-electron chi connectivity index (χ1n) is 12.7. The molecular formula is C24H32N8O5. The maximum atomic E-state index is 13.4. The zero-order chi connectivity index (χ0) is 26.1. The van der Waals surface area contributed by atoms with Crippen LogP contribution in [0.1, 0.15) is 47.2 Å². The molecule has 5 atom stereocenters. The highest BCUT2D eigenvalue weighted by molar-refractivity contribution is 5.97. The zero-order valence-electron chi connectivity index (χ0n) is 20.3. The lowest BCUT2D eigenvalue weighted by Crippen LogP contribution is -2.81. The van der Waals surface area contributed by atoms with Crippen molar-refractivity contribution in [3.05, 3.63) is 34.9 Å². The first-order chi connectivity index (χ1) is 17.6. The van der Waals surface area contributed by atoms with E-state index in [2.05, 4.69) is 21.3 Å². The number of rotatable bonds is 4. The van der Waals surface area contributed by atoms with Crippen LogP contribution in [0, 0.1) is 10.8 Å². The predicted octanol–water partition coefficient (Wildman–Crippen LogP) is -2.30. The number of carbonyl (C=O) groups is 2. The zero-order valence-corrected chi connectivity index (χ0v) is 20.3. The number of aliphatic hydroxyl groups excluding tert-OH is 1. The van der Waals surface area contributed by atoms with Crippen molar-refractivity contribution < 1.29 is 24.9 Å². The number of likely N-dealkylation sites (tertiary alicyclic amines) is 1. The van der Waals surface area contributed by atoms with Crippen LogP contribution < -0.4 is 21.3 Å². The molecule has 4 saturated heterocycles. The monoisotopic (exact) mass is 512 g/mol. The highest BCUT2D eigenvalue weighted by Gasteiger charge is 2.74. The molecule has 13 nitrogen and oxygen atoms in total. The summed E-state index contributed by atoms with van der Waals surface area (Å²) >= 11 is 0. The molecule has 4 aliphatic heterocycles. The van der Waals surface area contributed by atoms with Crippen molar-refractivity contribution in [3.8, 4) is 0 Å². The van der Waals surface area contributed by atoms with Gasteiger partial charge in [0.05, 0.1) is 12.1 Å². The predicted molar refractivity (Wildman–Crippen MR) is 130 cm³/mol. The lowest BCUT2D eigenvalue weighted by Gasteiger charge is -2.51. The SMILES string of the molecule is N=C1NC2[C@H](CN3C(=O)CCC3O)NC(=N)N3C[C@H](NC(=O)c4cccc5c4CCCC5)C(O)(O)[C@@]23N1. The van der Waals surface area contributed by atoms with Crippen LogP contribution in [-0.4, -0.2) is 97.7 Å². The summed E-state index contributed by atoms with van der Waals surface area (Å²) < 4.78 is 0. The molecule has 4 fully saturated rings. The van der Waals surface area contributed by atoms with Gasteiger partial charge in [0, 0.05) is 31.5 Å². The molecule has 0 radical (unpaired) electrons. The summed E-state index contributed by atoms with van der Waals surface area (Å²) in [4.78, 5) is 28.4. The van der Waals surface area contributed by atoms with Gasteiger partial charge in [0.15, 0.2) is 17.6 Å². The molecule has 0 aromatic heterocycles. The first kappa shape index (κ1) is 23.9. The molecule has 1 aromatic carbocycles. The molecule has 198 valence electrons. The summed E-state index contributed by atoms with van der Waals surface area (Å²) in [6.45, 7) is -0.107. The second-order valence-electron chi connectivity index (χ2n) is 10.6. The number of nitrogens with one attached hydrogen (secondary N) is 6. The lowest BCUT2D eigenvalue weighted by atomic mass is 9.84. The highest BCUT2D eigenvalue weighted by Crippen LogP contribution is 2.43. The van der Waals surface area contributed by atoms with Gasteiger partial charge in [0.1, 0.15) is 12.3 Å². The van der Waals surface area contributed by atoms with E-state index in [1.165, 1.54) is 9.80 Å². The van der Waals surface area contributed by atoms with Crippen molar-refractivity contribution >= 4 is 23.7 Å². The Morgan fingerprint density at radius 3 is 2.70 bits per heavy atom. The van der Waals surface area contributed by atoms with Gasteiger partial charge in [-0.1, -0.05) is 12.1 Å². The second-order valence-corrected chi connectivity index (χ2v) is 10.6. The van der Waals surface area contributed by atoms with Crippen molar-refractivity contribution in [3.63, 3.8) is 0 Å². The molecular weight excluding hydrogens is 480 g/mol.